The Balaban J connectivity index is 0.00000180. The maximum Gasteiger partial charge on any atom is 0.115 e. The summed E-state index contributed by atoms with van der Waals surface area (Å²) in [5.74, 6) is 2.07. The molecule has 0 radical (unpaired) electrons. The molecule has 1 heterocycles. The van der Waals surface area contributed by atoms with Crippen molar-refractivity contribution in [2.75, 3.05) is 13.1 Å². The minimum atomic E-state index is 0. The Morgan fingerprint density at radius 1 is 1.04 bits per heavy atom. The Bertz CT molecular complexity index is 779. The second-order valence-corrected chi connectivity index (χ2v) is 8.84. The molecule has 1 aliphatic heterocycles. The van der Waals surface area contributed by atoms with Gasteiger partial charge in [-0.3, -0.25) is 0 Å². The maximum atomic E-state index is 9.94. The molecule has 2 aromatic carbocycles. The van der Waals surface area contributed by atoms with Crippen LogP contribution in [0, 0.1) is 5.92 Å². The Kier molecular flexibility index (Phi) is 5.22. The summed E-state index contributed by atoms with van der Waals surface area (Å²) in [7, 11) is 0. The average Bonchev–Trinajstić information content (AvgIpc) is 3.45. The molecule has 27 heavy (non-hydrogen) atoms. The van der Waals surface area contributed by atoms with Crippen LogP contribution in [0.3, 0.4) is 0 Å². The normalized spacial score (nSPS) is 32.5. The van der Waals surface area contributed by atoms with Crippen LogP contribution < -0.4 is 0 Å². The van der Waals surface area contributed by atoms with Crippen molar-refractivity contribution < 1.29 is 5.11 Å². The molecule has 3 heteroatoms. The van der Waals surface area contributed by atoms with Gasteiger partial charge in [0, 0.05) is 12.6 Å². The fraction of sp³-hybridized carbons (Fsp3) is 0.500. The van der Waals surface area contributed by atoms with Crippen LogP contribution in [-0.4, -0.2) is 29.1 Å². The van der Waals surface area contributed by atoms with Gasteiger partial charge in [-0.15, -0.1) is 12.4 Å². The van der Waals surface area contributed by atoms with Gasteiger partial charge in [0.25, 0.3) is 0 Å². The first-order chi connectivity index (χ1) is 12.7. The minimum absolute atomic E-state index is 0. The van der Waals surface area contributed by atoms with Gasteiger partial charge in [-0.05, 0) is 79.2 Å². The Morgan fingerprint density at radius 3 is 2.70 bits per heavy atom. The molecule has 2 aromatic rings. The molecule has 144 valence electrons. The minimum Gasteiger partial charge on any atom is -0.508 e. The molecule has 2 aliphatic carbocycles. The SMILES string of the molecule is Cl.Oc1cccc([C@]23CCC[C@H](C2)N(C[C@@H]2C[C@H]2c2ccccc2)CC3)c1. The van der Waals surface area contributed by atoms with Crippen LogP contribution in [0.2, 0.25) is 0 Å². The standard InChI is InChI=1S/C24H29NO.ClH/c26-22-10-4-8-20(15-22)24-11-5-9-21(16-24)25(13-12-24)17-19-14-23(19)18-6-2-1-3-7-18;/h1-4,6-8,10,15,19,21,23,26H,5,9,11-14,16-17H2;1H/t19-,21+,23-,24-;/m0./s1. The fourth-order valence-corrected chi connectivity index (χ4v) is 5.75. The average molecular weight is 384 g/mol. The van der Waals surface area contributed by atoms with E-state index in [1.54, 1.807) is 6.07 Å². The predicted molar refractivity (Wildman–Crippen MR) is 113 cm³/mol. The van der Waals surface area contributed by atoms with Gasteiger partial charge in [-0.1, -0.05) is 48.9 Å². The second-order valence-electron chi connectivity index (χ2n) is 8.84. The summed E-state index contributed by atoms with van der Waals surface area (Å²) in [5, 5.41) is 9.94. The van der Waals surface area contributed by atoms with Crippen LogP contribution in [0.4, 0.5) is 0 Å². The van der Waals surface area contributed by atoms with Gasteiger partial charge in [0.2, 0.25) is 0 Å². The fourth-order valence-electron chi connectivity index (χ4n) is 5.75. The highest BCUT2D eigenvalue weighted by molar-refractivity contribution is 5.85. The first-order valence-corrected chi connectivity index (χ1v) is 10.3. The topological polar surface area (TPSA) is 23.5 Å². The number of halogens is 1. The lowest BCUT2D eigenvalue weighted by Gasteiger charge is -2.51. The van der Waals surface area contributed by atoms with Crippen LogP contribution in [-0.2, 0) is 5.41 Å². The van der Waals surface area contributed by atoms with E-state index in [4.69, 9.17) is 0 Å². The molecule has 2 saturated carbocycles. The maximum absolute atomic E-state index is 9.94. The van der Waals surface area contributed by atoms with E-state index in [2.05, 4.69) is 41.3 Å². The zero-order valence-electron chi connectivity index (χ0n) is 15.9. The van der Waals surface area contributed by atoms with E-state index in [1.807, 2.05) is 12.1 Å². The van der Waals surface area contributed by atoms with Crippen LogP contribution in [0.15, 0.2) is 54.6 Å². The summed E-state index contributed by atoms with van der Waals surface area (Å²) < 4.78 is 0. The molecule has 2 bridgehead atoms. The van der Waals surface area contributed by atoms with E-state index in [9.17, 15) is 5.11 Å². The number of nitrogens with zero attached hydrogens (tertiary/aromatic N) is 1. The molecule has 0 amide bonds. The van der Waals surface area contributed by atoms with E-state index in [0.717, 1.165) is 17.9 Å². The van der Waals surface area contributed by atoms with Gasteiger partial charge in [-0.2, -0.15) is 0 Å². The van der Waals surface area contributed by atoms with Crippen molar-refractivity contribution >= 4 is 12.4 Å². The number of likely N-dealkylation sites (tertiary alicyclic amines) is 1. The lowest BCUT2D eigenvalue weighted by molar-refractivity contribution is 0.0478. The van der Waals surface area contributed by atoms with Crippen LogP contribution >= 0.6 is 12.4 Å². The molecule has 3 fully saturated rings. The van der Waals surface area contributed by atoms with Gasteiger partial charge in [-0.25, -0.2) is 0 Å². The van der Waals surface area contributed by atoms with Crippen molar-refractivity contribution in [2.45, 2.75) is 55.9 Å². The highest BCUT2D eigenvalue weighted by Gasteiger charge is 2.46. The number of hydrogen-bond donors (Lipinski definition) is 1. The summed E-state index contributed by atoms with van der Waals surface area (Å²) in [5.41, 5.74) is 3.21. The van der Waals surface area contributed by atoms with Crippen molar-refractivity contribution in [1.82, 2.24) is 4.90 Å². The summed E-state index contributed by atoms with van der Waals surface area (Å²) in [6, 6.07) is 19.9. The monoisotopic (exact) mass is 383 g/mol. The number of piperidine rings is 1. The Hall–Kier alpha value is -1.51. The summed E-state index contributed by atoms with van der Waals surface area (Å²) in [6.45, 7) is 2.50. The van der Waals surface area contributed by atoms with Crippen molar-refractivity contribution in [3.8, 4) is 5.75 Å². The molecule has 2 nitrogen and oxygen atoms in total. The Labute approximate surface area is 169 Å². The molecule has 0 aromatic heterocycles. The van der Waals surface area contributed by atoms with E-state index in [0.29, 0.717) is 11.2 Å². The highest BCUT2D eigenvalue weighted by atomic mass is 35.5. The number of hydrogen-bond acceptors (Lipinski definition) is 2. The van der Waals surface area contributed by atoms with Gasteiger partial charge in [0.15, 0.2) is 0 Å². The Morgan fingerprint density at radius 2 is 1.89 bits per heavy atom. The van der Waals surface area contributed by atoms with Crippen molar-refractivity contribution in [3.63, 3.8) is 0 Å². The van der Waals surface area contributed by atoms with E-state index in [-0.39, 0.29) is 12.4 Å². The first kappa shape index (κ1) is 18.8. The number of benzene rings is 2. The number of fused-ring (bicyclic) bond motifs is 2. The van der Waals surface area contributed by atoms with E-state index >= 15 is 0 Å². The lowest BCUT2D eigenvalue weighted by Crippen LogP contribution is -2.52. The number of rotatable bonds is 4. The molecule has 0 spiro atoms. The van der Waals surface area contributed by atoms with E-state index in [1.165, 1.54) is 62.7 Å². The number of phenolic OH excluding ortho intramolecular Hbond substituents is 1. The zero-order valence-corrected chi connectivity index (χ0v) is 16.7. The molecule has 1 saturated heterocycles. The molecule has 3 aliphatic rings. The number of phenols is 1. The lowest BCUT2D eigenvalue weighted by atomic mass is 9.63. The molecular weight excluding hydrogens is 354 g/mol. The van der Waals surface area contributed by atoms with Gasteiger partial charge >= 0.3 is 0 Å². The third kappa shape index (κ3) is 3.62. The van der Waals surface area contributed by atoms with Gasteiger partial charge in [0.1, 0.15) is 5.75 Å². The van der Waals surface area contributed by atoms with Crippen molar-refractivity contribution in [3.05, 3.63) is 65.7 Å². The van der Waals surface area contributed by atoms with Crippen molar-refractivity contribution in [1.29, 1.82) is 0 Å². The zero-order chi connectivity index (χ0) is 17.6. The smallest absolute Gasteiger partial charge is 0.115 e. The third-order valence-electron chi connectivity index (χ3n) is 7.29. The summed E-state index contributed by atoms with van der Waals surface area (Å²) >= 11 is 0. The van der Waals surface area contributed by atoms with E-state index < -0.39 is 0 Å². The molecule has 5 rings (SSSR count). The second kappa shape index (κ2) is 7.48. The summed E-state index contributed by atoms with van der Waals surface area (Å²) in [4.78, 5) is 2.80. The number of aromatic hydroxyl groups is 1. The van der Waals surface area contributed by atoms with Crippen LogP contribution in [0.5, 0.6) is 5.75 Å². The van der Waals surface area contributed by atoms with Crippen LogP contribution in [0.1, 0.15) is 55.6 Å². The first-order valence-electron chi connectivity index (χ1n) is 10.3. The molecule has 4 atom stereocenters. The third-order valence-corrected chi connectivity index (χ3v) is 7.29. The molecular formula is C24H30ClNO. The highest BCUT2D eigenvalue weighted by Crippen LogP contribution is 2.51. The largest absolute Gasteiger partial charge is 0.508 e. The predicted octanol–water partition coefficient (Wildman–Crippen LogP) is 5.50. The molecule has 1 N–H and O–H groups in total. The molecule has 0 unspecified atom stereocenters. The van der Waals surface area contributed by atoms with Crippen molar-refractivity contribution in [2.24, 2.45) is 5.92 Å². The van der Waals surface area contributed by atoms with Gasteiger partial charge < -0.3 is 10.0 Å². The van der Waals surface area contributed by atoms with Gasteiger partial charge in [0.05, 0.1) is 0 Å². The summed E-state index contributed by atoms with van der Waals surface area (Å²) in [6.07, 6.45) is 7.85. The van der Waals surface area contributed by atoms with Crippen LogP contribution in [0.25, 0.3) is 0 Å². The quantitative estimate of drug-likeness (QED) is 0.753.